The van der Waals surface area contributed by atoms with E-state index in [9.17, 15) is 19.5 Å². The number of hydrogen-bond donors (Lipinski definition) is 4. The molecular formula is C16H25N3O4. The fourth-order valence-corrected chi connectivity index (χ4v) is 4.80. The van der Waals surface area contributed by atoms with Crippen molar-refractivity contribution >= 4 is 17.7 Å². The molecule has 2 saturated heterocycles. The SMILES string of the molecule is CC(CC[C@H]1CCNC1=O)C1(C(N)=O)NC(=O)C2C(O)CCC21. The molecule has 3 aliphatic rings. The van der Waals surface area contributed by atoms with Gasteiger partial charge in [0.2, 0.25) is 17.7 Å². The van der Waals surface area contributed by atoms with E-state index < -0.39 is 23.5 Å². The molecule has 6 atom stereocenters. The molecule has 0 aromatic heterocycles. The Balaban J connectivity index is 1.77. The molecule has 7 heteroatoms. The third-order valence-electron chi connectivity index (χ3n) is 6.14. The molecular weight excluding hydrogens is 298 g/mol. The van der Waals surface area contributed by atoms with Crippen LogP contribution in [0.3, 0.4) is 0 Å². The summed E-state index contributed by atoms with van der Waals surface area (Å²) in [6, 6.07) is 0. The van der Waals surface area contributed by atoms with Crippen LogP contribution >= 0.6 is 0 Å². The molecule has 0 spiro atoms. The van der Waals surface area contributed by atoms with E-state index >= 15 is 0 Å². The number of rotatable bonds is 5. The quantitative estimate of drug-likeness (QED) is 0.533. The van der Waals surface area contributed by atoms with E-state index in [1.807, 2.05) is 6.92 Å². The fraction of sp³-hybridized carbons (Fsp3) is 0.812. The second-order valence-electron chi connectivity index (χ2n) is 7.25. The standard InChI is InChI=1S/C16H25N3O4/c1-8(2-3-9-6-7-18-13(9)21)16(15(17)23)10-4-5-11(20)12(10)14(22)19-16/h8-12,20H,2-7H2,1H3,(H2,17,23)(H,18,21)(H,19,22)/t8?,9-,10?,11?,12?,16?/m0/s1. The van der Waals surface area contributed by atoms with Gasteiger partial charge in [0.25, 0.3) is 0 Å². The van der Waals surface area contributed by atoms with Crippen LogP contribution < -0.4 is 16.4 Å². The summed E-state index contributed by atoms with van der Waals surface area (Å²) in [7, 11) is 0. The van der Waals surface area contributed by atoms with Gasteiger partial charge in [0, 0.05) is 18.4 Å². The molecule has 3 amide bonds. The maximum Gasteiger partial charge on any atom is 0.243 e. The molecule has 1 saturated carbocycles. The van der Waals surface area contributed by atoms with E-state index in [-0.39, 0.29) is 29.6 Å². The minimum atomic E-state index is -1.10. The number of fused-ring (bicyclic) bond motifs is 1. The highest BCUT2D eigenvalue weighted by Crippen LogP contribution is 2.48. The molecule has 2 heterocycles. The first kappa shape index (κ1) is 16.2. The van der Waals surface area contributed by atoms with E-state index in [1.165, 1.54) is 0 Å². The van der Waals surface area contributed by atoms with Gasteiger partial charge in [0.1, 0.15) is 5.54 Å². The number of carbonyl (C=O) groups is 3. The Labute approximate surface area is 135 Å². The van der Waals surface area contributed by atoms with Crippen molar-refractivity contribution in [2.24, 2.45) is 29.4 Å². The molecule has 23 heavy (non-hydrogen) atoms. The Morgan fingerprint density at radius 1 is 1.35 bits per heavy atom. The van der Waals surface area contributed by atoms with Crippen molar-refractivity contribution in [1.82, 2.24) is 10.6 Å². The summed E-state index contributed by atoms with van der Waals surface area (Å²) in [5.74, 6) is -1.73. The molecule has 128 valence electrons. The predicted octanol–water partition coefficient (Wildman–Crippen LogP) is -0.720. The van der Waals surface area contributed by atoms with Crippen molar-refractivity contribution in [2.75, 3.05) is 6.54 Å². The Kier molecular flexibility index (Phi) is 4.08. The molecule has 3 fully saturated rings. The number of nitrogens with one attached hydrogen (secondary N) is 2. The average molecular weight is 323 g/mol. The van der Waals surface area contributed by atoms with Crippen molar-refractivity contribution in [1.29, 1.82) is 0 Å². The van der Waals surface area contributed by atoms with E-state index in [4.69, 9.17) is 5.73 Å². The first-order valence-corrected chi connectivity index (χ1v) is 8.45. The normalized spacial score (nSPS) is 40.6. The van der Waals surface area contributed by atoms with Gasteiger partial charge in [-0.3, -0.25) is 14.4 Å². The fourth-order valence-electron chi connectivity index (χ4n) is 4.80. The van der Waals surface area contributed by atoms with Gasteiger partial charge in [-0.25, -0.2) is 0 Å². The monoisotopic (exact) mass is 323 g/mol. The number of nitrogens with two attached hydrogens (primary N) is 1. The van der Waals surface area contributed by atoms with E-state index in [1.54, 1.807) is 0 Å². The first-order chi connectivity index (χ1) is 10.9. The summed E-state index contributed by atoms with van der Waals surface area (Å²) >= 11 is 0. The molecule has 0 radical (unpaired) electrons. The van der Waals surface area contributed by atoms with Gasteiger partial charge in [-0.2, -0.15) is 0 Å². The maximum atomic E-state index is 12.3. The Hall–Kier alpha value is -1.63. The number of carbonyl (C=O) groups excluding carboxylic acids is 3. The van der Waals surface area contributed by atoms with Crippen LogP contribution in [0.4, 0.5) is 0 Å². The van der Waals surface area contributed by atoms with Gasteiger partial charge in [0.15, 0.2) is 0 Å². The van der Waals surface area contributed by atoms with Crippen molar-refractivity contribution in [2.45, 2.75) is 50.7 Å². The number of aliphatic hydroxyl groups is 1. The molecule has 1 aliphatic carbocycles. The Morgan fingerprint density at radius 3 is 2.70 bits per heavy atom. The van der Waals surface area contributed by atoms with Gasteiger partial charge in [-0.15, -0.1) is 0 Å². The molecule has 0 bridgehead atoms. The van der Waals surface area contributed by atoms with Crippen molar-refractivity contribution in [3.8, 4) is 0 Å². The summed E-state index contributed by atoms with van der Waals surface area (Å²) in [6.45, 7) is 2.61. The van der Waals surface area contributed by atoms with Crippen LogP contribution in [-0.2, 0) is 14.4 Å². The van der Waals surface area contributed by atoms with Crippen LogP contribution in [0.5, 0.6) is 0 Å². The highest BCUT2D eigenvalue weighted by molar-refractivity contribution is 5.96. The summed E-state index contributed by atoms with van der Waals surface area (Å²) in [4.78, 5) is 36.2. The zero-order chi connectivity index (χ0) is 16.8. The van der Waals surface area contributed by atoms with Gasteiger partial charge in [-0.05, 0) is 38.0 Å². The molecule has 2 aliphatic heterocycles. The van der Waals surface area contributed by atoms with Crippen molar-refractivity contribution in [3.63, 3.8) is 0 Å². The number of amides is 3. The molecule has 5 N–H and O–H groups in total. The zero-order valence-electron chi connectivity index (χ0n) is 13.4. The summed E-state index contributed by atoms with van der Waals surface area (Å²) in [5.41, 5.74) is 4.59. The highest BCUT2D eigenvalue weighted by Gasteiger charge is 2.62. The smallest absolute Gasteiger partial charge is 0.243 e. The lowest BCUT2D eigenvalue weighted by Crippen LogP contribution is -2.60. The summed E-state index contributed by atoms with van der Waals surface area (Å²) < 4.78 is 0. The van der Waals surface area contributed by atoms with Gasteiger partial charge < -0.3 is 21.5 Å². The van der Waals surface area contributed by atoms with Crippen LogP contribution in [0.15, 0.2) is 0 Å². The minimum absolute atomic E-state index is 0.0237. The molecule has 0 aromatic rings. The summed E-state index contributed by atoms with van der Waals surface area (Å²) in [5, 5.41) is 15.7. The number of hydrogen-bond acceptors (Lipinski definition) is 4. The van der Waals surface area contributed by atoms with Gasteiger partial charge >= 0.3 is 0 Å². The molecule has 3 rings (SSSR count). The van der Waals surface area contributed by atoms with E-state index in [0.717, 1.165) is 6.42 Å². The maximum absolute atomic E-state index is 12.3. The number of aliphatic hydroxyl groups excluding tert-OH is 1. The Morgan fingerprint density at radius 2 is 2.09 bits per heavy atom. The number of primary amides is 1. The molecule has 5 unspecified atom stereocenters. The second-order valence-corrected chi connectivity index (χ2v) is 7.25. The Bertz CT molecular complexity index is 537. The van der Waals surface area contributed by atoms with Crippen molar-refractivity contribution in [3.05, 3.63) is 0 Å². The van der Waals surface area contributed by atoms with Crippen LogP contribution in [0.2, 0.25) is 0 Å². The van der Waals surface area contributed by atoms with Crippen LogP contribution in [0.25, 0.3) is 0 Å². The van der Waals surface area contributed by atoms with Crippen LogP contribution in [0, 0.1) is 23.7 Å². The molecule has 7 nitrogen and oxygen atoms in total. The van der Waals surface area contributed by atoms with Crippen LogP contribution in [0.1, 0.15) is 39.0 Å². The third kappa shape index (κ3) is 2.41. The lowest BCUT2D eigenvalue weighted by Gasteiger charge is -2.37. The lowest BCUT2D eigenvalue weighted by molar-refractivity contribution is -0.131. The third-order valence-corrected chi connectivity index (χ3v) is 6.14. The molecule has 0 aromatic carbocycles. The zero-order valence-corrected chi connectivity index (χ0v) is 13.4. The largest absolute Gasteiger partial charge is 0.392 e. The minimum Gasteiger partial charge on any atom is -0.392 e. The van der Waals surface area contributed by atoms with E-state index in [0.29, 0.717) is 32.2 Å². The predicted molar refractivity (Wildman–Crippen MR) is 81.8 cm³/mol. The lowest BCUT2D eigenvalue weighted by atomic mass is 9.71. The van der Waals surface area contributed by atoms with Gasteiger partial charge in [0.05, 0.1) is 12.0 Å². The van der Waals surface area contributed by atoms with Crippen molar-refractivity contribution < 1.29 is 19.5 Å². The topological polar surface area (TPSA) is 122 Å². The highest BCUT2D eigenvalue weighted by atomic mass is 16.3. The van der Waals surface area contributed by atoms with Gasteiger partial charge in [-0.1, -0.05) is 6.92 Å². The van der Waals surface area contributed by atoms with E-state index in [2.05, 4.69) is 10.6 Å². The van der Waals surface area contributed by atoms with Crippen LogP contribution in [-0.4, -0.2) is 41.0 Å². The summed E-state index contributed by atoms with van der Waals surface area (Å²) in [6.07, 6.45) is 2.57. The first-order valence-electron chi connectivity index (χ1n) is 8.45. The average Bonchev–Trinajstić information content (AvgIpc) is 3.15. The second kappa shape index (κ2) is 5.78.